The molecule has 2 aromatic heterocycles. The predicted molar refractivity (Wildman–Crippen MR) is 99.7 cm³/mol. The highest BCUT2D eigenvalue weighted by Crippen LogP contribution is 2.33. The number of halogens is 3. The van der Waals surface area contributed by atoms with Crippen molar-refractivity contribution in [3.05, 3.63) is 57.9 Å². The van der Waals surface area contributed by atoms with Crippen LogP contribution in [-0.2, 0) is 23.8 Å². The topological polar surface area (TPSA) is 57.8 Å². The average molecular weight is 393 g/mol. The van der Waals surface area contributed by atoms with Crippen LogP contribution in [0.2, 0.25) is 0 Å². The molecule has 3 aromatic rings. The van der Waals surface area contributed by atoms with Crippen LogP contribution in [0.3, 0.4) is 0 Å². The lowest BCUT2D eigenvalue weighted by Gasteiger charge is -2.09. The van der Waals surface area contributed by atoms with Gasteiger partial charge in [0.15, 0.2) is 0 Å². The van der Waals surface area contributed by atoms with Gasteiger partial charge in [-0.25, -0.2) is 0 Å². The predicted octanol–water partition coefficient (Wildman–Crippen LogP) is 5.29. The number of nitrogens with zero attached hydrogens (tertiary/aromatic N) is 1. The highest BCUT2D eigenvalue weighted by atomic mass is 32.1. The number of thiophene rings is 1. The molecule has 0 spiro atoms. The lowest BCUT2D eigenvalue weighted by atomic mass is 10.1. The van der Waals surface area contributed by atoms with Gasteiger partial charge in [0.05, 0.1) is 23.4 Å². The van der Waals surface area contributed by atoms with Gasteiger partial charge in [-0.1, -0.05) is 31.5 Å². The molecule has 1 amide bonds. The number of carbonyl (C=O) groups excluding carboxylic acids is 1. The van der Waals surface area contributed by atoms with E-state index >= 15 is 0 Å². The van der Waals surface area contributed by atoms with Crippen molar-refractivity contribution in [3.63, 3.8) is 0 Å². The normalized spacial score (nSPS) is 11.6. The monoisotopic (exact) mass is 393 g/mol. The molecule has 8 heteroatoms. The maximum Gasteiger partial charge on any atom is 0.416 e. The zero-order valence-corrected chi connectivity index (χ0v) is 15.4. The fourth-order valence-corrected chi connectivity index (χ4v) is 3.43. The number of aromatic nitrogens is 2. The average Bonchev–Trinajstić information content (AvgIpc) is 3.25. The van der Waals surface area contributed by atoms with Crippen LogP contribution in [0.15, 0.2) is 41.8 Å². The molecule has 3 rings (SSSR count). The molecule has 2 N–H and O–H groups in total. The van der Waals surface area contributed by atoms with Gasteiger partial charge in [-0.3, -0.25) is 9.89 Å². The fourth-order valence-electron chi connectivity index (χ4n) is 2.72. The number of carbonyl (C=O) groups is 1. The summed E-state index contributed by atoms with van der Waals surface area (Å²) in [4.78, 5) is 13.3. The number of amides is 1. The molecule has 0 atom stereocenters. The molecular formula is C19H18F3N3OS. The Kier molecular flexibility index (Phi) is 5.65. The SMILES string of the molecule is CCCc1[nH]nc(-c2ccc(C(F)(F)F)cc2)c1NC(=O)Cc1cccs1. The van der Waals surface area contributed by atoms with Crippen molar-refractivity contribution in [3.8, 4) is 11.3 Å². The van der Waals surface area contributed by atoms with Crippen LogP contribution >= 0.6 is 11.3 Å². The van der Waals surface area contributed by atoms with Crippen molar-refractivity contribution in [2.75, 3.05) is 5.32 Å². The van der Waals surface area contributed by atoms with Gasteiger partial charge in [0.1, 0.15) is 5.69 Å². The number of aromatic amines is 1. The summed E-state index contributed by atoms with van der Waals surface area (Å²) in [6, 6.07) is 8.51. The second-order valence-corrected chi connectivity index (χ2v) is 7.09. The zero-order valence-electron chi connectivity index (χ0n) is 14.6. The highest BCUT2D eigenvalue weighted by Gasteiger charge is 2.30. The maximum absolute atomic E-state index is 12.8. The summed E-state index contributed by atoms with van der Waals surface area (Å²) in [7, 11) is 0. The van der Waals surface area contributed by atoms with E-state index in [4.69, 9.17) is 0 Å². The highest BCUT2D eigenvalue weighted by molar-refractivity contribution is 7.10. The van der Waals surface area contributed by atoms with Gasteiger partial charge in [-0.15, -0.1) is 11.3 Å². The summed E-state index contributed by atoms with van der Waals surface area (Å²) < 4.78 is 38.3. The molecule has 0 fully saturated rings. The number of hydrogen-bond acceptors (Lipinski definition) is 3. The molecule has 142 valence electrons. The van der Waals surface area contributed by atoms with Crippen molar-refractivity contribution in [1.29, 1.82) is 0 Å². The number of aryl methyl sites for hydroxylation is 1. The maximum atomic E-state index is 12.8. The van der Waals surface area contributed by atoms with Crippen LogP contribution in [-0.4, -0.2) is 16.1 Å². The van der Waals surface area contributed by atoms with E-state index in [1.54, 1.807) is 0 Å². The minimum absolute atomic E-state index is 0.190. The van der Waals surface area contributed by atoms with Crippen molar-refractivity contribution in [1.82, 2.24) is 10.2 Å². The van der Waals surface area contributed by atoms with Crippen molar-refractivity contribution in [2.24, 2.45) is 0 Å². The molecule has 0 saturated carbocycles. The Morgan fingerprint density at radius 1 is 1.22 bits per heavy atom. The van der Waals surface area contributed by atoms with Crippen molar-refractivity contribution in [2.45, 2.75) is 32.4 Å². The van der Waals surface area contributed by atoms with E-state index in [1.165, 1.54) is 23.5 Å². The standard InChI is InChI=1S/C19H18F3N3OS/c1-2-4-15-18(23-16(26)11-14-5-3-10-27-14)17(25-24-15)12-6-8-13(9-7-12)19(20,21)22/h3,5-10H,2,4,11H2,1H3,(H,23,26)(H,24,25). The van der Waals surface area contributed by atoms with E-state index in [-0.39, 0.29) is 12.3 Å². The second kappa shape index (κ2) is 7.96. The number of H-pyrrole nitrogens is 1. The Balaban J connectivity index is 1.88. The summed E-state index contributed by atoms with van der Waals surface area (Å²) in [5.41, 5.74) is 1.50. The van der Waals surface area contributed by atoms with Crippen molar-refractivity contribution >= 4 is 22.9 Å². The molecule has 2 heterocycles. The van der Waals surface area contributed by atoms with Crippen molar-refractivity contribution < 1.29 is 18.0 Å². The Bertz CT molecular complexity index is 899. The minimum Gasteiger partial charge on any atom is -0.322 e. The first kappa shape index (κ1) is 19.2. The Morgan fingerprint density at radius 3 is 2.56 bits per heavy atom. The van der Waals surface area contributed by atoms with E-state index in [1.807, 2.05) is 24.4 Å². The van der Waals surface area contributed by atoms with Gasteiger partial charge in [0.25, 0.3) is 0 Å². The smallest absolute Gasteiger partial charge is 0.322 e. The number of anilines is 1. The van der Waals surface area contributed by atoms with Crippen LogP contribution in [0.4, 0.5) is 18.9 Å². The van der Waals surface area contributed by atoms with Gasteiger partial charge in [0.2, 0.25) is 5.91 Å². The number of rotatable bonds is 6. The first-order chi connectivity index (χ1) is 12.9. The Labute approximate surface area is 158 Å². The molecule has 0 saturated heterocycles. The molecule has 0 bridgehead atoms. The summed E-state index contributed by atoms with van der Waals surface area (Å²) in [6.07, 6.45) is -2.65. The molecule has 0 aliphatic carbocycles. The van der Waals surface area contributed by atoms with E-state index in [0.717, 1.165) is 29.1 Å². The molecular weight excluding hydrogens is 375 g/mol. The molecule has 0 radical (unpaired) electrons. The summed E-state index contributed by atoms with van der Waals surface area (Å²) >= 11 is 1.49. The fraction of sp³-hybridized carbons (Fsp3) is 0.263. The molecule has 27 heavy (non-hydrogen) atoms. The third-order valence-corrected chi connectivity index (χ3v) is 4.88. The zero-order chi connectivity index (χ0) is 19.4. The van der Waals surface area contributed by atoms with E-state index in [9.17, 15) is 18.0 Å². The van der Waals surface area contributed by atoms with Crippen LogP contribution in [0, 0.1) is 0 Å². The molecule has 0 unspecified atom stereocenters. The van der Waals surface area contributed by atoms with E-state index < -0.39 is 11.7 Å². The first-order valence-electron chi connectivity index (χ1n) is 8.45. The third-order valence-electron chi connectivity index (χ3n) is 4.01. The number of benzene rings is 1. The van der Waals surface area contributed by atoms with E-state index in [2.05, 4.69) is 15.5 Å². The Hall–Kier alpha value is -2.61. The lowest BCUT2D eigenvalue weighted by molar-refractivity contribution is -0.137. The molecule has 0 aliphatic rings. The number of nitrogens with one attached hydrogen (secondary N) is 2. The number of alkyl halides is 3. The van der Waals surface area contributed by atoms with Crippen LogP contribution in [0.1, 0.15) is 29.5 Å². The van der Waals surface area contributed by atoms with Crippen LogP contribution in [0.25, 0.3) is 11.3 Å². The van der Waals surface area contributed by atoms with Gasteiger partial charge >= 0.3 is 6.18 Å². The third kappa shape index (κ3) is 4.57. The van der Waals surface area contributed by atoms with Gasteiger partial charge in [-0.05, 0) is 30.0 Å². The second-order valence-electron chi connectivity index (χ2n) is 6.06. The van der Waals surface area contributed by atoms with Gasteiger partial charge in [-0.2, -0.15) is 18.3 Å². The summed E-state index contributed by atoms with van der Waals surface area (Å²) in [6.45, 7) is 2.00. The minimum atomic E-state index is -4.39. The quantitative estimate of drug-likeness (QED) is 0.598. The molecule has 0 aliphatic heterocycles. The molecule has 1 aromatic carbocycles. The van der Waals surface area contributed by atoms with Crippen LogP contribution < -0.4 is 5.32 Å². The lowest BCUT2D eigenvalue weighted by Crippen LogP contribution is -2.15. The largest absolute Gasteiger partial charge is 0.416 e. The summed E-state index contributed by atoms with van der Waals surface area (Å²) in [5, 5.41) is 11.9. The first-order valence-corrected chi connectivity index (χ1v) is 9.33. The van der Waals surface area contributed by atoms with E-state index in [0.29, 0.717) is 23.4 Å². The number of hydrogen-bond donors (Lipinski definition) is 2. The molecule has 4 nitrogen and oxygen atoms in total. The van der Waals surface area contributed by atoms with Gasteiger partial charge in [0, 0.05) is 10.4 Å². The van der Waals surface area contributed by atoms with Gasteiger partial charge < -0.3 is 5.32 Å². The van der Waals surface area contributed by atoms with Crippen LogP contribution in [0.5, 0.6) is 0 Å². The summed E-state index contributed by atoms with van der Waals surface area (Å²) in [5.74, 6) is -0.190. The Morgan fingerprint density at radius 2 is 1.96 bits per heavy atom.